The molecule has 1 saturated heterocycles. The van der Waals surface area contributed by atoms with Gasteiger partial charge in [-0.25, -0.2) is 0 Å². The van der Waals surface area contributed by atoms with Gasteiger partial charge in [0.25, 0.3) is 0 Å². The lowest BCUT2D eigenvalue weighted by Crippen LogP contribution is -2.57. The maximum atomic E-state index is 5.88. The van der Waals surface area contributed by atoms with Crippen LogP contribution in [0.25, 0.3) is 0 Å². The monoisotopic (exact) mass is 194 g/mol. The Hall–Kier alpha value is -0.0800. The Morgan fingerprint density at radius 3 is 2.07 bits per heavy atom. The molecule has 1 aliphatic heterocycles. The van der Waals surface area contributed by atoms with E-state index in [1.165, 1.54) is 58.0 Å². The summed E-state index contributed by atoms with van der Waals surface area (Å²) in [4.78, 5) is 2.63. The molecule has 2 saturated carbocycles. The highest BCUT2D eigenvalue weighted by Crippen LogP contribution is 2.46. The van der Waals surface area contributed by atoms with Crippen LogP contribution in [0.4, 0.5) is 0 Å². The Bertz CT molecular complexity index is 210. The van der Waals surface area contributed by atoms with Gasteiger partial charge in [-0.15, -0.1) is 0 Å². The number of hydrogen-bond donors (Lipinski definition) is 1. The summed E-state index contributed by atoms with van der Waals surface area (Å²) in [5.74, 6) is 0. The molecule has 3 fully saturated rings. The van der Waals surface area contributed by atoms with Crippen molar-refractivity contribution in [2.45, 2.75) is 57.0 Å². The predicted molar refractivity (Wildman–Crippen MR) is 58.1 cm³/mol. The van der Waals surface area contributed by atoms with E-state index < -0.39 is 0 Å². The molecule has 1 heterocycles. The molecule has 2 heteroatoms. The van der Waals surface area contributed by atoms with E-state index in [1.807, 2.05) is 0 Å². The smallest absolute Gasteiger partial charge is 0.0263 e. The fourth-order valence-electron chi connectivity index (χ4n) is 3.46. The van der Waals surface area contributed by atoms with Gasteiger partial charge in [-0.3, -0.25) is 4.90 Å². The highest BCUT2D eigenvalue weighted by Gasteiger charge is 2.50. The molecular weight excluding hydrogens is 172 g/mol. The van der Waals surface area contributed by atoms with Crippen LogP contribution in [0, 0.1) is 5.41 Å². The lowest BCUT2D eigenvalue weighted by molar-refractivity contribution is -0.0189. The highest BCUT2D eigenvalue weighted by atomic mass is 15.3. The minimum absolute atomic E-state index is 0.512. The van der Waals surface area contributed by atoms with Crippen molar-refractivity contribution in [3.63, 3.8) is 0 Å². The van der Waals surface area contributed by atoms with Gasteiger partial charge < -0.3 is 5.73 Å². The third-order valence-electron chi connectivity index (χ3n) is 4.51. The second-order valence-corrected chi connectivity index (χ2v) is 5.79. The third-order valence-corrected chi connectivity index (χ3v) is 4.51. The van der Waals surface area contributed by atoms with E-state index in [2.05, 4.69) is 4.90 Å². The molecule has 0 amide bonds. The summed E-state index contributed by atoms with van der Waals surface area (Å²) in [6.45, 7) is 2.73. The van der Waals surface area contributed by atoms with E-state index >= 15 is 0 Å². The number of hydrogen-bond acceptors (Lipinski definition) is 2. The minimum atomic E-state index is 0.512. The van der Waals surface area contributed by atoms with Crippen LogP contribution in [0.3, 0.4) is 0 Å². The van der Waals surface area contributed by atoms with Gasteiger partial charge in [-0.1, -0.05) is 25.7 Å². The van der Waals surface area contributed by atoms with E-state index in [0.29, 0.717) is 6.04 Å². The van der Waals surface area contributed by atoms with Gasteiger partial charge >= 0.3 is 0 Å². The number of likely N-dealkylation sites (tertiary alicyclic amines) is 1. The fourth-order valence-corrected chi connectivity index (χ4v) is 3.46. The second-order valence-electron chi connectivity index (χ2n) is 5.79. The van der Waals surface area contributed by atoms with Gasteiger partial charge in [-0.2, -0.15) is 0 Å². The van der Waals surface area contributed by atoms with Gasteiger partial charge in [0, 0.05) is 25.2 Å². The molecule has 0 aromatic rings. The molecule has 3 rings (SSSR count). The van der Waals surface area contributed by atoms with Crippen LogP contribution in [-0.2, 0) is 0 Å². The molecule has 3 aliphatic rings. The highest BCUT2D eigenvalue weighted by molar-refractivity contribution is 5.07. The van der Waals surface area contributed by atoms with Crippen LogP contribution in [0.15, 0.2) is 0 Å². The maximum absolute atomic E-state index is 5.88. The molecule has 2 unspecified atom stereocenters. The molecule has 0 aromatic heterocycles. The molecule has 0 bridgehead atoms. The van der Waals surface area contributed by atoms with Gasteiger partial charge in [0.15, 0.2) is 0 Å². The zero-order valence-electron chi connectivity index (χ0n) is 9.04. The average Bonchev–Trinajstić information content (AvgIpc) is 2.84. The van der Waals surface area contributed by atoms with Crippen LogP contribution < -0.4 is 5.73 Å². The lowest BCUT2D eigenvalue weighted by atomic mass is 9.73. The first-order valence-corrected chi connectivity index (χ1v) is 6.29. The molecule has 2 aliphatic carbocycles. The fraction of sp³-hybridized carbons (Fsp3) is 1.00. The Morgan fingerprint density at radius 2 is 1.57 bits per heavy atom. The van der Waals surface area contributed by atoms with Gasteiger partial charge in [0.2, 0.25) is 0 Å². The maximum Gasteiger partial charge on any atom is 0.0263 e. The summed E-state index contributed by atoms with van der Waals surface area (Å²) >= 11 is 0. The third kappa shape index (κ3) is 1.49. The minimum Gasteiger partial charge on any atom is -0.326 e. The Morgan fingerprint density at radius 1 is 1.00 bits per heavy atom. The number of rotatable bonds is 1. The molecule has 2 N–H and O–H groups in total. The average molecular weight is 194 g/mol. The predicted octanol–water partition coefficient (Wildman–Crippen LogP) is 1.74. The number of nitrogens with two attached hydrogens (primary N) is 1. The van der Waals surface area contributed by atoms with Crippen molar-refractivity contribution in [3.8, 4) is 0 Å². The lowest BCUT2D eigenvalue weighted by Gasteiger charge is -2.51. The summed E-state index contributed by atoms with van der Waals surface area (Å²) in [6, 6.07) is 1.28. The zero-order valence-corrected chi connectivity index (χ0v) is 9.04. The van der Waals surface area contributed by atoms with Crippen molar-refractivity contribution in [2.75, 3.05) is 13.1 Å². The first kappa shape index (κ1) is 9.17. The van der Waals surface area contributed by atoms with Crippen molar-refractivity contribution in [1.29, 1.82) is 0 Å². The van der Waals surface area contributed by atoms with Crippen LogP contribution in [0.2, 0.25) is 0 Å². The van der Waals surface area contributed by atoms with Crippen LogP contribution >= 0.6 is 0 Å². The quantitative estimate of drug-likeness (QED) is 0.689. The molecule has 80 valence electrons. The zero-order chi connectivity index (χ0) is 9.60. The molecule has 2 atom stereocenters. The standard InChI is InChI=1S/C12H22N2/c13-10-7-11(10)14-8-12(9-14)5-3-1-2-4-6-12/h10-11H,1-9,13H2. The molecule has 2 nitrogen and oxygen atoms in total. The Labute approximate surface area is 86.8 Å². The van der Waals surface area contributed by atoms with E-state index in [1.54, 1.807) is 0 Å². The summed E-state index contributed by atoms with van der Waals surface area (Å²) in [6.07, 6.45) is 10.2. The van der Waals surface area contributed by atoms with E-state index in [9.17, 15) is 0 Å². The van der Waals surface area contributed by atoms with Gasteiger partial charge in [-0.05, 0) is 24.7 Å². The largest absolute Gasteiger partial charge is 0.326 e. The molecule has 0 radical (unpaired) electrons. The molecular formula is C12H22N2. The van der Waals surface area contributed by atoms with Crippen molar-refractivity contribution >= 4 is 0 Å². The summed E-state index contributed by atoms with van der Waals surface area (Å²) in [7, 11) is 0. The first-order valence-electron chi connectivity index (χ1n) is 6.29. The van der Waals surface area contributed by atoms with Crippen molar-refractivity contribution in [2.24, 2.45) is 11.1 Å². The normalized spacial score (nSPS) is 41.8. The Balaban J connectivity index is 1.55. The van der Waals surface area contributed by atoms with Crippen molar-refractivity contribution in [1.82, 2.24) is 4.90 Å². The second kappa shape index (κ2) is 3.21. The van der Waals surface area contributed by atoms with E-state index in [0.717, 1.165) is 11.5 Å². The van der Waals surface area contributed by atoms with E-state index in [-0.39, 0.29) is 0 Å². The first-order chi connectivity index (χ1) is 6.79. The SMILES string of the molecule is NC1CC1N1CC2(CCCCCC2)C1. The van der Waals surface area contributed by atoms with Crippen LogP contribution in [0.5, 0.6) is 0 Å². The van der Waals surface area contributed by atoms with Crippen molar-refractivity contribution in [3.05, 3.63) is 0 Å². The van der Waals surface area contributed by atoms with Crippen LogP contribution in [0.1, 0.15) is 44.9 Å². The molecule has 0 aromatic carbocycles. The van der Waals surface area contributed by atoms with Gasteiger partial charge in [0.1, 0.15) is 0 Å². The molecule has 14 heavy (non-hydrogen) atoms. The molecule has 1 spiro atoms. The Kier molecular flexibility index (Phi) is 2.10. The number of nitrogens with zero attached hydrogens (tertiary/aromatic N) is 1. The van der Waals surface area contributed by atoms with E-state index in [4.69, 9.17) is 5.73 Å². The van der Waals surface area contributed by atoms with Crippen molar-refractivity contribution < 1.29 is 0 Å². The van der Waals surface area contributed by atoms with Gasteiger partial charge in [0.05, 0.1) is 0 Å². The summed E-state index contributed by atoms with van der Waals surface area (Å²) < 4.78 is 0. The summed E-state index contributed by atoms with van der Waals surface area (Å²) in [5, 5.41) is 0. The van der Waals surface area contributed by atoms with Crippen LogP contribution in [-0.4, -0.2) is 30.1 Å². The topological polar surface area (TPSA) is 29.3 Å². The summed E-state index contributed by atoms with van der Waals surface area (Å²) in [5.41, 5.74) is 6.62.